The van der Waals surface area contributed by atoms with Crippen LogP contribution in [-0.4, -0.2) is 129 Å². The summed E-state index contributed by atoms with van der Waals surface area (Å²) in [5.41, 5.74) is 4.80. The Labute approximate surface area is 400 Å². The summed E-state index contributed by atoms with van der Waals surface area (Å²) in [5.74, 6) is 2.44. The second-order valence-corrected chi connectivity index (χ2v) is 26.1. The Morgan fingerprint density at radius 1 is 0.897 bits per heavy atom. The third-order valence-corrected chi connectivity index (χ3v) is 20.3. The van der Waals surface area contributed by atoms with Gasteiger partial charge in [-0.15, -0.1) is 5.54 Å². The summed E-state index contributed by atoms with van der Waals surface area (Å²) in [6.07, 6.45) is 2.96. The molecule has 2 bridgehead atoms. The molecule has 368 valence electrons. The maximum atomic E-state index is 17.9. The number of anilines is 1. The molecule has 2 atom stereocenters. The minimum Gasteiger partial charge on any atom is -0.480 e. The van der Waals surface area contributed by atoms with Crippen LogP contribution in [0.3, 0.4) is 0 Å². The number of ether oxygens (including phenoxy) is 5. The highest BCUT2D eigenvalue weighted by atomic mass is 28.3. The molecule has 1 N–H and O–H groups in total. The molecule has 3 fully saturated rings. The summed E-state index contributed by atoms with van der Waals surface area (Å²) in [7, 11) is -0.796. The third-order valence-electron chi connectivity index (χ3n) is 14.0. The van der Waals surface area contributed by atoms with E-state index in [1.165, 1.54) is 13.2 Å². The van der Waals surface area contributed by atoms with Crippen molar-refractivity contribution in [3.63, 3.8) is 0 Å². The fraction of sp³-hybridized carbons (Fsp3) is 0.577. The Balaban J connectivity index is 1.31. The van der Waals surface area contributed by atoms with E-state index in [0.717, 1.165) is 38.8 Å². The lowest BCUT2D eigenvalue weighted by molar-refractivity contribution is -0.142. The highest BCUT2D eigenvalue weighted by Gasteiger charge is 2.45. The first kappa shape index (κ1) is 50.8. The van der Waals surface area contributed by atoms with Gasteiger partial charge in [0.1, 0.15) is 49.8 Å². The van der Waals surface area contributed by atoms with Crippen LogP contribution in [0.4, 0.5) is 19.4 Å². The summed E-state index contributed by atoms with van der Waals surface area (Å²) >= 11 is 0. The SMILES string of the molecule is COCOc1cc(-c2ccc3c(N4CC5CCC(C4)N5C(=O)OC(C)(C)C)nc(OCCN4CCC(COCC(=O)O)CC4)nc3c2F)c2c(C#C[Si](C(C)C)(C(C)C)C(C)C)c(F)ccc2c1. The summed E-state index contributed by atoms with van der Waals surface area (Å²) in [5, 5.41) is 10.5. The molecule has 0 radical (unpaired) electrons. The molecule has 68 heavy (non-hydrogen) atoms. The molecule has 1 amide bonds. The zero-order valence-electron chi connectivity index (χ0n) is 41.4. The zero-order valence-corrected chi connectivity index (χ0v) is 42.4. The van der Waals surface area contributed by atoms with Crippen LogP contribution in [0.1, 0.15) is 93.6 Å². The number of methoxy groups -OCH3 is 1. The zero-order chi connectivity index (χ0) is 49.1. The van der Waals surface area contributed by atoms with Gasteiger partial charge in [-0.05, 0) is 117 Å². The number of halogens is 2. The monoisotopic (exact) mass is 957 g/mol. The number of hydrogen-bond donors (Lipinski definition) is 1. The van der Waals surface area contributed by atoms with Gasteiger partial charge in [-0.3, -0.25) is 9.80 Å². The van der Waals surface area contributed by atoms with E-state index >= 15 is 8.78 Å². The van der Waals surface area contributed by atoms with Gasteiger partial charge in [0, 0.05) is 43.1 Å². The number of piperidine rings is 1. The molecule has 0 aliphatic carbocycles. The second kappa shape index (κ2) is 21.3. The van der Waals surface area contributed by atoms with Crippen molar-refractivity contribution >= 4 is 47.6 Å². The van der Waals surface area contributed by atoms with E-state index in [1.54, 1.807) is 24.3 Å². The van der Waals surface area contributed by atoms with E-state index < -0.39 is 31.3 Å². The lowest BCUT2D eigenvalue weighted by atomic mass is 9.93. The number of benzene rings is 3. The Bertz CT molecular complexity index is 2500. The first-order valence-corrected chi connectivity index (χ1v) is 26.4. The molecule has 16 heteroatoms. The highest BCUT2D eigenvalue weighted by molar-refractivity contribution is 6.90. The average molecular weight is 958 g/mol. The molecule has 4 aromatic rings. The smallest absolute Gasteiger partial charge is 0.410 e. The van der Waals surface area contributed by atoms with Crippen molar-refractivity contribution in [1.29, 1.82) is 0 Å². The van der Waals surface area contributed by atoms with Crippen molar-refractivity contribution in [2.75, 3.05) is 71.3 Å². The highest BCUT2D eigenvalue weighted by Crippen LogP contribution is 2.44. The van der Waals surface area contributed by atoms with Gasteiger partial charge in [-0.2, -0.15) is 9.97 Å². The molecule has 3 aliphatic rings. The number of aromatic nitrogens is 2. The van der Waals surface area contributed by atoms with E-state index in [2.05, 4.69) is 62.8 Å². The Hall–Kier alpha value is -5.08. The first-order chi connectivity index (χ1) is 32.3. The molecule has 0 spiro atoms. The normalized spacial score (nSPS) is 18.2. The maximum Gasteiger partial charge on any atom is 0.410 e. The fourth-order valence-electron chi connectivity index (χ4n) is 10.8. The summed E-state index contributed by atoms with van der Waals surface area (Å²) in [6.45, 7) is 22.2. The first-order valence-electron chi connectivity index (χ1n) is 24.1. The number of amides is 1. The van der Waals surface area contributed by atoms with Gasteiger partial charge in [0.2, 0.25) is 0 Å². The number of carboxylic acid groups (broad SMARTS) is 1. The summed E-state index contributed by atoms with van der Waals surface area (Å²) in [4.78, 5) is 40.3. The Morgan fingerprint density at radius 2 is 1.57 bits per heavy atom. The van der Waals surface area contributed by atoms with E-state index in [1.807, 2.05) is 31.7 Å². The number of carbonyl (C=O) groups is 2. The van der Waals surface area contributed by atoms with Crippen LogP contribution in [0.25, 0.3) is 32.8 Å². The standard InChI is InChI=1S/C52H69F2N5O8Si/c1-32(2)68(33(3)4,34(5)6)24-19-41-44(53)16-11-36-25-39(66-31-63-10)26-43(46(36)41)40-14-15-42-48(47(40)54)55-50(65-23-22-57-20-17-35(18-21-57)29-64-30-45(60)61)56-49(42)58-27-37-12-13-38(28-58)59(37)51(62)67-52(7,8)9/h11,14-16,25-26,32-35,37-38H,12-13,17-18,20-23,27-31H2,1-10H3,(H,60,61). The van der Waals surface area contributed by atoms with Crippen molar-refractivity contribution in [2.24, 2.45) is 5.92 Å². The number of aliphatic carboxylic acids is 1. The van der Waals surface area contributed by atoms with E-state index in [9.17, 15) is 9.59 Å². The van der Waals surface area contributed by atoms with Gasteiger partial charge in [0.05, 0.1) is 24.3 Å². The Kier molecular flexibility index (Phi) is 15.9. The van der Waals surface area contributed by atoms with Crippen molar-refractivity contribution in [2.45, 2.75) is 122 Å². The second-order valence-electron chi connectivity index (χ2n) is 20.6. The lowest BCUT2D eigenvalue weighted by Gasteiger charge is -2.42. The topological polar surface area (TPSA) is 136 Å². The van der Waals surface area contributed by atoms with Crippen molar-refractivity contribution in [3.8, 4) is 34.4 Å². The lowest BCUT2D eigenvalue weighted by Crippen LogP contribution is -2.57. The third kappa shape index (κ3) is 11.0. The molecule has 2 unspecified atom stereocenters. The van der Waals surface area contributed by atoms with Crippen LogP contribution in [-0.2, 0) is 19.0 Å². The predicted molar refractivity (Wildman–Crippen MR) is 263 cm³/mol. The molecule has 0 saturated carbocycles. The number of carbonyl (C=O) groups excluding carboxylic acids is 1. The van der Waals surface area contributed by atoms with Gasteiger partial charge < -0.3 is 33.7 Å². The van der Waals surface area contributed by atoms with Crippen LogP contribution in [0.2, 0.25) is 16.6 Å². The largest absolute Gasteiger partial charge is 0.480 e. The van der Waals surface area contributed by atoms with Crippen molar-refractivity contribution in [1.82, 2.24) is 19.8 Å². The molecule has 3 aromatic carbocycles. The maximum absolute atomic E-state index is 17.9. The number of likely N-dealkylation sites (tertiary alicyclic amines) is 1. The molecule has 13 nitrogen and oxygen atoms in total. The van der Waals surface area contributed by atoms with Crippen LogP contribution >= 0.6 is 0 Å². The minimum absolute atomic E-state index is 0.0133. The molecule has 7 rings (SSSR count). The van der Waals surface area contributed by atoms with Crippen LogP contribution in [0, 0.1) is 29.0 Å². The van der Waals surface area contributed by atoms with Crippen LogP contribution < -0.4 is 14.4 Å². The van der Waals surface area contributed by atoms with Gasteiger partial charge in [-0.25, -0.2) is 18.4 Å². The molecule has 3 aliphatic heterocycles. The van der Waals surface area contributed by atoms with Gasteiger partial charge >= 0.3 is 18.1 Å². The van der Waals surface area contributed by atoms with Crippen molar-refractivity contribution in [3.05, 3.63) is 53.6 Å². The molecular formula is C52H69F2N5O8Si. The molecule has 1 aromatic heterocycles. The fourth-order valence-corrected chi connectivity index (χ4v) is 16.1. The summed E-state index contributed by atoms with van der Waals surface area (Å²) in [6, 6.07) is 9.83. The van der Waals surface area contributed by atoms with E-state index in [0.29, 0.717) is 76.2 Å². The average Bonchev–Trinajstić information content (AvgIpc) is 3.55. The quantitative estimate of drug-likeness (QED) is 0.0651. The van der Waals surface area contributed by atoms with E-state index in [4.69, 9.17) is 38.8 Å². The van der Waals surface area contributed by atoms with Gasteiger partial charge in [-0.1, -0.05) is 59.6 Å². The molecular weight excluding hydrogens is 889 g/mol. The minimum atomic E-state index is -2.32. The predicted octanol–water partition coefficient (Wildman–Crippen LogP) is 10.1. The van der Waals surface area contributed by atoms with Crippen molar-refractivity contribution < 1.29 is 47.2 Å². The van der Waals surface area contributed by atoms with Gasteiger partial charge in [0.15, 0.2) is 12.6 Å². The molecule has 4 heterocycles. The number of fused-ring (bicyclic) bond motifs is 4. The number of carboxylic acids is 1. The van der Waals surface area contributed by atoms with E-state index in [-0.39, 0.29) is 66.8 Å². The van der Waals surface area contributed by atoms with Crippen LogP contribution in [0.15, 0.2) is 36.4 Å². The van der Waals surface area contributed by atoms with Crippen LogP contribution in [0.5, 0.6) is 11.8 Å². The van der Waals surface area contributed by atoms with Gasteiger partial charge in [0.25, 0.3) is 0 Å². The Morgan fingerprint density at radius 3 is 2.19 bits per heavy atom. The number of hydrogen-bond acceptors (Lipinski definition) is 11. The number of rotatable bonds is 16. The number of nitrogens with zero attached hydrogens (tertiary/aromatic N) is 5. The number of piperazine rings is 1. The molecule has 3 saturated heterocycles. The summed E-state index contributed by atoms with van der Waals surface area (Å²) < 4.78 is 63.0.